The number of carbonyl (C=O) groups is 1. The first kappa shape index (κ1) is 15.8. The molecule has 0 unspecified atom stereocenters. The molecule has 0 aromatic heterocycles. The van der Waals surface area contributed by atoms with Gasteiger partial charge in [-0.2, -0.15) is 0 Å². The zero-order chi connectivity index (χ0) is 15.2. The van der Waals surface area contributed by atoms with Crippen LogP contribution in [0.5, 0.6) is 0 Å². The van der Waals surface area contributed by atoms with E-state index in [4.69, 9.17) is 5.73 Å². The lowest BCUT2D eigenvalue weighted by Crippen LogP contribution is -2.36. The Morgan fingerprint density at radius 3 is 2.76 bits per heavy atom. The molecule has 2 rings (SSSR count). The topological polar surface area (TPSA) is 58.4 Å². The number of benzene rings is 1. The predicted molar refractivity (Wildman–Crippen MR) is 82.5 cm³/mol. The van der Waals surface area contributed by atoms with Crippen molar-refractivity contribution in [1.82, 2.24) is 5.32 Å². The van der Waals surface area contributed by atoms with E-state index in [0.29, 0.717) is 18.9 Å². The number of nitrogens with two attached hydrogens (primary N) is 1. The fourth-order valence-corrected chi connectivity index (χ4v) is 2.93. The Labute approximate surface area is 125 Å². The van der Waals surface area contributed by atoms with Crippen LogP contribution in [0.2, 0.25) is 0 Å². The van der Waals surface area contributed by atoms with Crippen LogP contribution in [0, 0.1) is 11.7 Å². The van der Waals surface area contributed by atoms with Gasteiger partial charge >= 0.3 is 0 Å². The maximum Gasteiger partial charge on any atom is 0.217 e. The van der Waals surface area contributed by atoms with Crippen LogP contribution in [0.15, 0.2) is 18.2 Å². The zero-order valence-electron chi connectivity index (χ0n) is 12.6. The summed E-state index contributed by atoms with van der Waals surface area (Å²) in [6.07, 6.45) is 2.32. The van der Waals surface area contributed by atoms with Crippen LogP contribution < -0.4 is 16.0 Å². The monoisotopic (exact) mass is 293 g/mol. The molecule has 0 bridgehead atoms. The minimum absolute atomic E-state index is 0.160. The molecule has 1 saturated heterocycles. The molecular weight excluding hydrogens is 269 g/mol. The molecule has 1 aromatic rings. The molecular formula is C16H24FN3O. The van der Waals surface area contributed by atoms with E-state index in [0.717, 1.165) is 43.7 Å². The fourth-order valence-electron chi connectivity index (χ4n) is 2.93. The third kappa shape index (κ3) is 4.17. The Kier molecular flexibility index (Phi) is 5.56. The number of piperidine rings is 1. The van der Waals surface area contributed by atoms with E-state index >= 15 is 0 Å². The average molecular weight is 293 g/mol. The molecule has 0 aliphatic carbocycles. The van der Waals surface area contributed by atoms with Gasteiger partial charge in [0.1, 0.15) is 5.82 Å². The van der Waals surface area contributed by atoms with Crippen molar-refractivity contribution < 1.29 is 9.18 Å². The Hall–Kier alpha value is -1.62. The largest absolute Gasteiger partial charge is 0.371 e. The number of amides is 1. The predicted octanol–water partition coefficient (Wildman–Crippen LogP) is 2.03. The lowest BCUT2D eigenvalue weighted by atomic mass is 9.92. The molecule has 0 radical (unpaired) electrons. The van der Waals surface area contributed by atoms with Crippen LogP contribution in [-0.4, -0.2) is 25.5 Å². The highest BCUT2D eigenvalue weighted by molar-refractivity contribution is 5.74. The van der Waals surface area contributed by atoms with Gasteiger partial charge in [-0.05, 0) is 37.4 Å². The maximum absolute atomic E-state index is 14.0. The van der Waals surface area contributed by atoms with Crippen molar-refractivity contribution in [3.8, 4) is 0 Å². The second-order valence-electron chi connectivity index (χ2n) is 5.62. The molecule has 116 valence electrons. The smallest absolute Gasteiger partial charge is 0.217 e. The van der Waals surface area contributed by atoms with Crippen LogP contribution in [0.25, 0.3) is 0 Å². The standard InChI is InChI=1S/C16H24FN3O/c1-2-19-11-13-14(17)4-3-5-15(13)20-8-6-12(7-9-20)10-16(18)21/h3-5,12,19H,2,6-11H2,1H3,(H2,18,21). The summed E-state index contributed by atoms with van der Waals surface area (Å²) in [6.45, 7) is 5.06. The Bertz CT molecular complexity index is 484. The highest BCUT2D eigenvalue weighted by atomic mass is 19.1. The first-order chi connectivity index (χ1) is 10.1. The van der Waals surface area contributed by atoms with Crippen LogP contribution >= 0.6 is 0 Å². The molecule has 1 heterocycles. The van der Waals surface area contributed by atoms with Crippen LogP contribution in [-0.2, 0) is 11.3 Å². The summed E-state index contributed by atoms with van der Waals surface area (Å²) in [4.78, 5) is 13.2. The van der Waals surface area contributed by atoms with Crippen molar-refractivity contribution in [3.63, 3.8) is 0 Å². The van der Waals surface area contributed by atoms with Gasteiger partial charge in [0.25, 0.3) is 0 Å². The van der Waals surface area contributed by atoms with E-state index in [1.54, 1.807) is 6.07 Å². The number of nitrogens with zero attached hydrogens (tertiary/aromatic N) is 1. The van der Waals surface area contributed by atoms with Gasteiger partial charge in [0.2, 0.25) is 5.91 Å². The van der Waals surface area contributed by atoms with E-state index in [-0.39, 0.29) is 11.7 Å². The van der Waals surface area contributed by atoms with Crippen molar-refractivity contribution in [1.29, 1.82) is 0 Å². The summed E-state index contributed by atoms with van der Waals surface area (Å²) in [5, 5.41) is 3.19. The molecule has 21 heavy (non-hydrogen) atoms. The number of carbonyl (C=O) groups excluding carboxylic acids is 1. The molecule has 0 saturated carbocycles. The summed E-state index contributed by atoms with van der Waals surface area (Å²) in [5.41, 5.74) is 6.95. The van der Waals surface area contributed by atoms with Gasteiger partial charge in [0, 0.05) is 37.3 Å². The normalized spacial score (nSPS) is 16.2. The van der Waals surface area contributed by atoms with Crippen molar-refractivity contribution >= 4 is 11.6 Å². The Morgan fingerprint density at radius 2 is 2.14 bits per heavy atom. The van der Waals surface area contributed by atoms with E-state index in [2.05, 4.69) is 10.2 Å². The van der Waals surface area contributed by atoms with Gasteiger partial charge in [-0.25, -0.2) is 4.39 Å². The average Bonchev–Trinajstić information content (AvgIpc) is 2.46. The van der Waals surface area contributed by atoms with Gasteiger partial charge in [0.15, 0.2) is 0 Å². The number of rotatable bonds is 6. The van der Waals surface area contributed by atoms with Gasteiger partial charge < -0.3 is 16.0 Å². The fraction of sp³-hybridized carbons (Fsp3) is 0.562. The molecule has 4 nitrogen and oxygen atoms in total. The second-order valence-corrected chi connectivity index (χ2v) is 5.62. The number of halogens is 1. The number of hydrogen-bond acceptors (Lipinski definition) is 3. The minimum atomic E-state index is -0.230. The van der Waals surface area contributed by atoms with Crippen molar-refractivity contribution in [2.24, 2.45) is 11.7 Å². The third-order valence-electron chi connectivity index (χ3n) is 4.09. The summed E-state index contributed by atoms with van der Waals surface area (Å²) in [6, 6.07) is 5.25. The molecule has 1 amide bonds. The van der Waals surface area contributed by atoms with Gasteiger partial charge in [0.05, 0.1) is 0 Å². The van der Waals surface area contributed by atoms with Gasteiger partial charge in [-0.3, -0.25) is 4.79 Å². The SMILES string of the molecule is CCNCc1c(F)cccc1N1CCC(CC(N)=O)CC1. The summed E-state index contributed by atoms with van der Waals surface area (Å²) < 4.78 is 14.0. The van der Waals surface area contributed by atoms with E-state index in [1.807, 2.05) is 13.0 Å². The second kappa shape index (κ2) is 7.41. The summed E-state index contributed by atoms with van der Waals surface area (Å²) in [7, 11) is 0. The van der Waals surface area contributed by atoms with E-state index in [1.165, 1.54) is 6.07 Å². The quantitative estimate of drug-likeness (QED) is 0.843. The lowest BCUT2D eigenvalue weighted by molar-refractivity contribution is -0.119. The number of anilines is 1. The van der Waals surface area contributed by atoms with E-state index < -0.39 is 0 Å². The number of hydrogen-bond donors (Lipinski definition) is 2. The van der Waals surface area contributed by atoms with E-state index in [9.17, 15) is 9.18 Å². The number of primary amides is 1. The van der Waals surface area contributed by atoms with Crippen molar-refractivity contribution in [2.75, 3.05) is 24.5 Å². The third-order valence-corrected chi connectivity index (χ3v) is 4.09. The molecule has 0 atom stereocenters. The molecule has 5 heteroatoms. The van der Waals surface area contributed by atoms with Crippen molar-refractivity contribution in [3.05, 3.63) is 29.6 Å². The van der Waals surface area contributed by atoms with Crippen LogP contribution in [0.1, 0.15) is 31.7 Å². The van der Waals surface area contributed by atoms with Crippen molar-refractivity contribution in [2.45, 2.75) is 32.7 Å². The molecule has 1 aliphatic heterocycles. The van der Waals surface area contributed by atoms with Crippen LogP contribution in [0.4, 0.5) is 10.1 Å². The minimum Gasteiger partial charge on any atom is -0.371 e. The molecule has 1 aromatic carbocycles. The molecule has 0 spiro atoms. The molecule has 3 N–H and O–H groups in total. The maximum atomic E-state index is 14.0. The number of nitrogens with one attached hydrogen (secondary N) is 1. The summed E-state index contributed by atoms with van der Waals surface area (Å²) in [5.74, 6) is -0.0238. The first-order valence-corrected chi connectivity index (χ1v) is 7.63. The Morgan fingerprint density at radius 1 is 1.43 bits per heavy atom. The zero-order valence-corrected chi connectivity index (χ0v) is 12.6. The summed E-state index contributed by atoms with van der Waals surface area (Å²) >= 11 is 0. The first-order valence-electron chi connectivity index (χ1n) is 7.63. The van der Waals surface area contributed by atoms with Crippen LogP contribution in [0.3, 0.4) is 0 Å². The van der Waals surface area contributed by atoms with Gasteiger partial charge in [-0.15, -0.1) is 0 Å². The molecule has 1 aliphatic rings. The Balaban J connectivity index is 2.05. The highest BCUT2D eigenvalue weighted by Crippen LogP contribution is 2.29. The van der Waals surface area contributed by atoms with Gasteiger partial charge in [-0.1, -0.05) is 13.0 Å². The highest BCUT2D eigenvalue weighted by Gasteiger charge is 2.23. The molecule has 1 fully saturated rings. The lowest BCUT2D eigenvalue weighted by Gasteiger charge is -2.34.